The first-order chi connectivity index (χ1) is 14.9. The summed E-state index contributed by atoms with van der Waals surface area (Å²) in [6.07, 6.45) is 0.820. The summed E-state index contributed by atoms with van der Waals surface area (Å²) < 4.78 is 5.57. The molecule has 0 saturated heterocycles. The number of carboxylic acids is 1. The Morgan fingerprint density at radius 2 is 1.65 bits per heavy atom. The number of alkyl carbamates (subject to hydrolysis) is 1. The molecule has 7 nitrogen and oxygen atoms in total. The number of fused-ring (bicyclic) bond motifs is 3. The number of benzene rings is 2. The van der Waals surface area contributed by atoms with Crippen LogP contribution in [0.25, 0.3) is 11.1 Å². The molecular weight excluding hydrogens is 396 g/mol. The Hall–Kier alpha value is -3.35. The number of aliphatic carboxylic acids is 1. The number of amides is 2. The molecule has 0 spiro atoms. The Balaban J connectivity index is 1.33. The van der Waals surface area contributed by atoms with E-state index in [4.69, 9.17) is 9.84 Å². The van der Waals surface area contributed by atoms with Gasteiger partial charge in [-0.2, -0.15) is 0 Å². The number of hydrogen-bond donors (Lipinski definition) is 3. The molecule has 1 fully saturated rings. The summed E-state index contributed by atoms with van der Waals surface area (Å²) in [5.74, 6) is -1.26. The first-order valence-corrected chi connectivity index (χ1v) is 10.5. The molecule has 0 bridgehead atoms. The fraction of sp³-hybridized carbons (Fsp3) is 0.375. The minimum atomic E-state index is -0.967. The zero-order chi connectivity index (χ0) is 22.0. The van der Waals surface area contributed by atoms with Gasteiger partial charge in [0.2, 0.25) is 5.91 Å². The van der Waals surface area contributed by atoms with Gasteiger partial charge in [0, 0.05) is 18.4 Å². The Kier molecular flexibility index (Phi) is 5.67. The zero-order valence-corrected chi connectivity index (χ0v) is 17.4. The quantitative estimate of drug-likeness (QED) is 0.605. The third kappa shape index (κ3) is 4.71. The summed E-state index contributed by atoms with van der Waals surface area (Å²) in [6.45, 7) is 1.86. The van der Waals surface area contributed by atoms with Gasteiger partial charge in [0.05, 0.1) is 12.0 Å². The van der Waals surface area contributed by atoms with Crippen LogP contribution in [0, 0.1) is 0 Å². The van der Waals surface area contributed by atoms with Gasteiger partial charge in [-0.25, -0.2) is 4.79 Å². The highest BCUT2D eigenvalue weighted by Gasteiger charge is 2.46. The van der Waals surface area contributed by atoms with E-state index in [2.05, 4.69) is 34.9 Å². The number of hydrogen-bond acceptors (Lipinski definition) is 4. The van der Waals surface area contributed by atoms with E-state index in [1.54, 1.807) is 6.92 Å². The molecule has 162 valence electrons. The van der Waals surface area contributed by atoms with Crippen molar-refractivity contribution in [2.24, 2.45) is 0 Å². The highest BCUT2D eigenvalue weighted by Crippen LogP contribution is 2.44. The average Bonchev–Trinajstić information content (AvgIpc) is 3.38. The second-order valence-electron chi connectivity index (χ2n) is 8.47. The lowest BCUT2D eigenvalue weighted by atomic mass is 9.98. The maximum atomic E-state index is 12.5. The van der Waals surface area contributed by atoms with Gasteiger partial charge in [-0.1, -0.05) is 48.5 Å². The van der Waals surface area contributed by atoms with E-state index >= 15 is 0 Å². The molecule has 2 aromatic rings. The molecule has 0 unspecified atom stereocenters. The lowest BCUT2D eigenvalue weighted by Crippen LogP contribution is -2.43. The molecule has 2 aliphatic carbocycles. The third-order valence-corrected chi connectivity index (χ3v) is 5.95. The highest BCUT2D eigenvalue weighted by atomic mass is 16.5. The summed E-state index contributed by atoms with van der Waals surface area (Å²) in [5.41, 5.74) is 4.01. The molecule has 1 atom stereocenters. The summed E-state index contributed by atoms with van der Waals surface area (Å²) in [4.78, 5) is 35.4. The first kappa shape index (κ1) is 20.9. The van der Waals surface area contributed by atoms with Crippen molar-refractivity contribution in [3.8, 4) is 11.1 Å². The van der Waals surface area contributed by atoms with Crippen molar-refractivity contribution in [1.82, 2.24) is 10.6 Å². The Labute approximate surface area is 180 Å². The lowest BCUT2D eigenvalue weighted by molar-refractivity contribution is -0.137. The predicted octanol–water partition coefficient (Wildman–Crippen LogP) is 3.43. The van der Waals surface area contributed by atoms with Crippen molar-refractivity contribution in [2.75, 3.05) is 6.61 Å². The van der Waals surface area contributed by atoms with Crippen LogP contribution in [0.2, 0.25) is 0 Å². The number of carbonyl (C=O) groups excluding carboxylic acids is 2. The van der Waals surface area contributed by atoms with Crippen molar-refractivity contribution in [1.29, 1.82) is 0 Å². The van der Waals surface area contributed by atoms with Gasteiger partial charge in [0.1, 0.15) is 6.61 Å². The summed E-state index contributed by atoms with van der Waals surface area (Å²) in [6, 6.07) is 15.8. The standard InChI is InChI=1S/C24H26N2O5/c1-15(12-22(28)29)25-21(27)13-24(10-11-24)26-23(30)31-14-20-18-8-4-2-6-16(18)17-7-3-5-9-19(17)20/h2-9,15,20H,10-14H2,1H3,(H,25,27)(H,26,30)(H,28,29)/t15-/m1/s1. The highest BCUT2D eigenvalue weighted by molar-refractivity contribution is 5.81. The molecule has 2 aliphatic rings. The summed E-state index contributed by atoms with van der Waals surface area (Å²) in [7, 11) is 0. The predicted molar refractivity (Wildman–Crippen MR) is 115 cm³/mol. The van der Waals surface area contributed by atoms with Crippen LogP contribution in [0.5, 0.6) is 0 Å². The normalized spacial score (nSPS) is 16.5. The minimum absolute atomic E-state index is 0.0199. The molecule has 31 heavy (non-hydrogen) atoms. The van der Waals surface area contributed by atoms with Gasteiger partial charge in [0.25, 0.3) is 0 Å². The molecule has 0 aliphatic heterocycles. The van der Waals surface area contributed by atoms with Crippen molar-refractivity contribution >= 4 is 18.0 Å². The fourth-order valence-corrected chi connectivity index (χ4v) is 4.29. The fourth-order valence-electron chi connectivity index (χ4n) is 4.29. The zero-order valence-electron chi connectivity index (χ0n) is 17.4. The van der Waals surface area contributed by atoms with Crippen LogP contribution < -0.4 is 10.6 Å². The smallest absolute Gasteiger partial charge is 0.407 e. The molecule has 1 saturated carbocycles. The van der Waals surface area contributed by atoms with Gasteiger partial charge < -0.3 is 20.5 Å². The Morgan fingerprint density at radius 3 is 2.19 bits per heavy atom. The second kappa shape index (κ2) is 8.41. The van der Waals surface area contributed by atoms with Crippen molar-refractivity contribution in [3.05, 3.63) is 59.7 Å². The van der Waals surface area contributed by atoms with Crippen LogP contribution in [0.4, 0.5) is 4.79 Å². The Bertz CT molecular complexity index is 969. The maximum absolute atomic E-state index is 12.5. The molecule has 0 radical (unpaired) electrons. The van der Waals surface area contributed by atoms with E-state index in [0.717, 1.165) is 22.3 Å². The topological polar surface area (TPSA) is 105 Å². The van der Waals surface area contributed by atoms with Gasteiger partial charge in [-0.3, -0.25) is 9.59 Å². The molecule has 4 rings (SSSR count). The van der Waals surface area contributed by atoms with Crippen LogP contribution in [0.3, 0.4) is 0 Å². The van der Waals surface area contributed by atoms with Crippen LogP contribution >= 0.6 is 0 Å². The molecule has 2 amide bonds. The largest absolute Gasteiger partial charge is 0.481 e. The van der Waals surface area contributed by atoms with Gasteiger partial charge in [-0.05, 0) is 42.0 Å². The average molecular weight is 422 g/mol. The van der Waals surface area contributed by atoms with E-state index in [1.807, 2.05) is 24.3 Å². The van der Waals surface area contributed by atoms with E-state index in [0.29, 0.717) is 12.8 Å². The summed E-state index contributed by atoms with van der Waals surface area (Å²) >= 11 is 0. The molecule has 3 N–H and O–H groups in total. The minimum Gasteiger partial charge on any atom is -0.481 e. The van der Waals surface area contributed by atoms with Crippen LogP contribution in [0.15, 0.2) is 48.5 Å². The van der Waals surface area contributed by atoms with Crippen LogP contribution in [-0.4, -0.2) is 41.3 Å². The second-order valence-corrected chi connectivity index (χ2v) is 8.47. The first-order valence-electron chi connectivity index (χ1n) is 10.5. The van der Waals surface area contributed by atoms with E-state index < -0.39 is 23.6 Å². The lowest BCUT2D eigenvalue weighted by Gasteiger charge is -2.20. The molecular formula is C24H26N2O5. The monoisotopic (exact) mass is 422 g/mol. The number of carbonyl (C=O) groups is 3. The van der Waals surface area contributed by atoms with Gasteiger partial charge in [0.15, 0.2) is 0 Å². The van der Waals surface area contributed by atoms with Crippen LogP contribution in [0.1, 0.15) is 49.7 Å². The number of carboxylic acid groups (broad SMARTS) is 1. The maximum Gasteiger partial charge on any atom is 0.407 e. The molecule has 2 aromatic carbocycles. The third-order valence-electron chi connectivity index (χ3n) is 5.95. The molecule has 0 aromatic heterocycles. The van der Waals surface area contributed by atoms with Crippen molar-refractivity contribution in [2.45, 2.75) is 50.1 Å². The van der Waals surface area contributed by atoms with E-state index in [1.165, 1.54) is 0 Å². The molecule has 7 heteroatoms. The number of rotatable bonds is 8. The molecule has 0 heterocycles. The Morgan fingerprint density at radius 1 is 1.06 bits per heavy atom. The number of nitrogens with one attached hydrogen (secondary N) is 2. The van der Waals surface area contributed by atoms with Gasteiger partial charge >= 0.3 is 12.1 Å². The van der Waals surface area contributed by atoms with Crippen molar-refractivity contribution < 1.29 is 24.2 Å². The van der Waals surface area contributed by atoms with Gasteiger partial charge in [-0.15, -0.1) is 0 Å². The summed E-state index contributed by atoms with van der Waals surface area (Å²) in [5, 5.41) is 14.3. The van der Waals surface area contributed by atoms with Crippen LogP contribution in [-0.2, 0) is 14.3 Å². The van der Waals surface area contributed by atoms with Crippen molar-refractivity contribution in [3.63, 3.8) is 0 Å². The van der Waals surface area contributed by atoms with E-state index in [-0.39, 0.29) is 31.3 Å². The number of ether oxygens (including phenoxy) is 1. The van der Waals surface area contributed by atoms with E-state index in [9.17, 15) is 14.4 Å². The SMILES string of the molecule is C[C@H](CC(=O)O)NC(=O)CC1(NC(=O)OCC2c3ccccc3-c3ccccc32)CC1.